The van der Waals surface area contributed by atoms with E-state index >= 15 is 0 Å². The Kier molecular flexibility index (Phi) is 7.55. The molecule has 1 heterocycles. The van der Waals surface area contributed by atoms with Crippen molar-refractivity contribution in [2.75, 3.05) is 19.3 Å². The van der Waals surface area contributed by atoms with Gasteiger partial charge in [0.2, 0.25) is 0 Å². The van der Waals surface area contributed by atoms with Crippen molar-refractivity contribution < 1.29 is 4.39 Å². The van der Waals surface area contributed by atoms with Crippen molar-refractivity contribution >= 4 is 17.7 Å². The van der Waals surface area contributed by atoms with Crippen LogP contribution in [-0.4, -0.2) is 30.3 Å². The molecule has 2 rings (SSSR count). The Morgan fingerprint density at radius 1 is 1.21 bits per heavy atom. The lowest BCUT2D eigenvalue weighted by Crippen LogP contribution is -2.37. The second-order valence-corrected chi connectivity index (χ2v) is 6.44. The van der Waals surface area contributed by atoms with Gasteiger partial charge in [0.05, 0.1) is 12.2 Å². The number of aromatic nitrogens is 1. The maximum absolute atomic E-state index is 12.8. The van der Waals surface area contributed by atoms with E-state index < -0.39 is 0 Å². The highest BCUT2D eigenvalue weighted by Crippen LogP contribution is 2.18. The smallest absolute Gasteiger partial charge is 0.191 e. The van der Waals surface area contributed by atoms with Crippen LogP contribution in [0.3, 0.4) is 0 Å². The van der Waals surface area contributed by atoms with E-state index in [9.17, 15) is 4.39 Å². The summed E-state index contributed by atoms with van der Waals surface area (Å²) >= 11 is 1.72. The average Bonchev–Trinajstić information content (AvgIpc) is 2.60. The Labute approximate surface area is 147 Å². The number of guanidine groups is 1. The number of aliphatic imine (C=N–C) groups is 1. The molecule has 0 fully saturated rings. The van der Waals surface area contributed by atoms with Crippen molar-refractivity contribution in [1.82, 2.24) is 15.6 Å². The van der Waals surface area contributed by atoms with E-state index in [0.717, 1.165) is 40.8 Å². The summed E-state index contributed by atoms with van der Waals surface area (Å²) in [6, 6.07) is 10.6. The molecule has 0 radical (unpaired) electrons. The van der Waals surface area contributed by atoms with Crippen LogP contribution in [0.15, 0.2) is 52.5 Å². The Balaban J connectivity index is 1.65. The highest BCUT2D eigenvalue weighted by molar-refractivity contribution is 7.99. The molecular weight excluding hydrogens is 323 g/mol. The fourth-order valence-corrected chi connectivity index (χ4v) is 2.94. The van der Waals surface area contributed by atoms with E-state index in [-0.39, 0.29) is 5.82 Å². The van der Waals surface area contributed by atoms with Crippen molar-refractivity contribution in [2.24, 2.45) is 4.99 Å². The predicted octanol–water partition coefficient (Wildman–Crippen LogP) is 3.38. The molecular formula is C18H23FN4S. The summed E-state index contributed by atoms with van der Waals surface area (Å²) in [6.07, 6.45) is 2.79. The number of pyridine rings is 1. The highest BCUT2D eigenvalue weighted by Gasteiger charge is 2.01. The summed E-state index contributed by atoms with van der Waals surface area (Å²) in [4.78, 5) is 9.66. The molecule has 0 aliphatic rings. The zero-order chi connectivity index (χ0) is 17.2. The third kappa shape index (κ3) is 6.20. The molecule has 1 aromatic carbocycles. The first kappa shape index (κ1) is 18.3. The SMILES string of the molecule is CN=C(NCCCSc1ccc(F)cc1)NCc1ncccc1C. The average molecular weight is 346 g/mol. The van der Waals surface area contributed by atoms with Crippen molar-refractivity contribution in [3.8, 4) is 0 Å². The van der Waals surface area contributed by atoms with Crippen molar-refractivity contribution in [2.45, 2.75) is 24.8 Å². The topological polar surface area (TPSA) is 49.3 Å². The second kappa shape index (κ2) is 9.93. The summed E-state index contributed by atoms with van der Waals surface area (Å²) in [5, 5.41) is 6.56. The zero-order valence-corrected chi connectivity index (χ0v) is 14.9. The molecule has 0 bridgehead atoms. The molecule has 0 atom stereocenters. The molecule has 0 spiro atoms. The van der Waals surface area contributed by atoms with Crippen LogP contribution in [0.2, 0.25) is 0 Å². The fourth-order valence-electron chi connectivity index (χ4n) is 2.09. The van der Waals surface area contributed by atoms with E-state index in [2.05, 4.69) is 20.6 Å². The van der Waals surface area contributed by atoms with E-state index in [4.69, 9.17) is 0 Å². The number of benzene rings is 1. The molecule has 0 amide bonds. The molecule has 2 aromatic rings. The number of nitrogens with one attached hydrogen (secondary N) is 2. The Hall–Kier alpha value is -2.08. The number of aryl methyl sites for hydroxylation is 1. The summed E-state index contributed by atoms with van der Waals surface area (Å²) < 4.78 is 12.8. The van der Waals surface area contributed by atoms with Gasteiger partial charge in [-0.1, -0.05) is 6.07 Å². The minimum absolute atomic E-state index is 0.195. The van der Waals surface area contributed by atoms with Crippen LogP contribution in [-0.2, 0) is 6.54 Å². The largest absolute Gasteiger partial charge is 0.356 e. The van der Waals surface area contributed by atoms with Gasteiger partial charge in [-0.05, 0) is 55.0 Å². The molecule has 6 heteroatoms. The first-order valence-electron chi connectivity index (χ1n) is 7.92. The number of hydrogen-bond donors (Lipinski definition) is 2. The van der Waals surface area contributed by atoms with Gasteiger partial charge in [-0.15, -0.1) is 11.8 Å². The fraction of sp³-hybridized carbons (Fsp3) is 0.333. The van der Waals surface area contributed by atoms with E-state index in [1.807, 2.05) is 31.2 Å². The van der Waals surface area contributed by atoms with Crippen LogP contribution in [0.4, 0.5) is 4.39 Å². The molecule has 0 aliphatic carbocycles. The van der Waals surface area contributed by atoms with Crippen molar-refractivity contribution in [1.29, 1.82) is 0 Å². The van der Waals surface area contributed by atoms with E-state index in [1.54, 1.807) is 25.0 Å². The molecule has 0 saturated carbocycles. The van der Waals surface area contributed by atoms with E-state index in [1.165, 1.54) is 12.1 Å². The number of rotatable bonds is 7. The van der Waals surface area contributed by atoms with Gasteiger partial charge in [-0.3, -0.25) is 9.98 Å². The minimum atomic E-state index is -0.195. The van der Waals surface area contributed by atoms with Gasteiger partial charge in [0, 0.05) is 24.7 Å². The standard InChI is InChI=1S/C18H23FN4S/c1-14-5-3-10-21-17(14)13-23-18(20-2)22-11-4-12-24-16-8-6-15(19)7-9-16/h3,5-10H,4,11-13H2,1-2H3,(H2,20,22,23). The van der Waals surface area contributed by atoms with Gasteiger partial charge in [0.1, 0.15) is 5.82 Å². The number of halogens is 1. The summed E-state index contributed by atoms with van der Waals surface area (Å²) in [5.41, 5.74) is 2.18. The van der Waals surface area contributed by atoms with Crippen LogP contribution in [0.1, 0.15) is 17.7 Å². The van der Waals surface area contributed by atoms with Crippen LogP contribution in [0, 0.1) is 12.7 Å². The quantitative estimate of drug-likeness (QED) is 0.349. The first-order chi connectivity index (χ1) is 11.7. The van der Waals surface area contributed by atoms with Crippen LogP contribution >= 0.6 is 11.8 Å². The van der Waals surface area contributed by atoms with Crippen molar-refractivity contribution in [3.63, 3.8) is 0 Å². The molecule has 2 N–H and O–H groups in total. The third-order valence-electron chi connectivity index (χ3n) is 3.46. The van der Waals surface area contributed by atoms with Gasteiger partial charge in [0.25, 0.3) is 0 Å². The van der Waals surface area contributed by atoms with E-state index in [0.29, 0.717) is 6.54 Å². The molecule has 4 nitrogen and oxygen atoms in total. The number of nitrogens with zero attached hydrogens (tertiary/aromatic N) is 2. The lowest BCUT2D eigenvalue weighted by Gasteiger charge is -2.12. The first-order valence-corrected chi connectivity index (χ1v) is 8.91. The van der Waals surface area contributed by atoms with Gasteiger partial charge in [0.15, 0.2) is 5.96 Å². The van der Waals surface area contributed by atoms with Gasteiger partial charge in [-0.25, -0.2) is 4.39 Å². The summed E-state index contributed by atoms with van der Waals surface area (Å²) in [7, 11) is 1.76. The van der Waals surface area contributed by atoms with Gasteiger partial charge in [-0.2, -0.15) is 0 Å². The summed E-state index contributed by atoms with van der Waals surface area (Å²) in [6.45, 7) is 3.53. The number of hydrogen-bond acceptors (Lipinski definition) is 3. The molecule has 24 heavy (non-hydrogen) atoms. The van der Waals surface area contributed by atoms with Crippen molar-refractivity contribution in [3.05, 3.63) is 59.7 Å². The Bertz CT molecular complexity index is 658. The zero-order valence-electron chi connectivity index (χ0n) is 14.1. The molecule has 0 saturated heterocycles. The molecule has 0 aliphatic heterocycles. The van der Waals surface area contributed by atoms with Crippen LogP contribution in [0.5, 0.6) is 0 Å². The Morgan fingerprint density at radius 3 is 2.71 bits per heavy atom. The second-order valence-electron chi connectivity index (χ2n) is 5.28. The molecule has 128 valence electrons. The van der Waals surface area contributed by atoms with Crippen LogP contribution in [0.25, 0.3) is 0 Å². The predicted molar refractivity (Wildman–Crippen MR) is 98.9 cm³/mol. The lowest BCUT2D eigenvalue weighted by molar-refractivity contribution is 0.626. The lowest BCUT2D eigenvalue weighted by atomic mass is 10.2. The monoisotopic (exact) mass is 346 g/mol. The maximum Gasteiger partial charge on any atom is 0.191 e. The highest BCUT2D eigenvalue weighted by atomic mass is 32.2. The molecule has 1 aromatic heterocycles. The normalized spacial score (nSPS) is 11.4. The van der Waals surface area contributed by atoms with Crippen LogP contribution < -0.4 is 10.6 Å². The third-order valence-corrected chi connectivity index (χ3v) is 4.56. The van der Waals surface area contributed by atoms with Gasteiger partial charge < -0.3 is 10.6 Å². The van der Waals surface area contributed by atoms with Gasteiger partial charge >= 0.3 is 0 Å². The molecule has 0 unspecified atom stereocenters. The Morgan fingerprint density at radius 2 is 2.00 bits per heavy atom. The minimum Gasteiger partial charge on any atom is -0.356 e. The summed E-state index contributed by atoms with van der Waals surface area (Å²) in [5.74, 6) is 1.54. The number of thioether (sulfide) groups is 1. The maximum atomic E-state index is 12.8.